The normalized spacial score (nSPS) is 13.7. The van der Waals surface area contributed by atoms with E-state index in [4.69, 9.17) is 16.3 Å². The Hall–Kier alpha value is -1.63. The molecule has 0 saturated carbocycles. The third kappa shape index (κ3) is 4.70. The largest absolute Gasteiger partial charge is 0.466 e. The van der Waals surface area contributed by atoms with E-state index in [1.165, 1.54) is 4.68 Å². The summed E-state index contributed by atoms with van der Waals surface area (Å²) in [6.45, 7) is 3.49. The number of nitro groups is 1. The van der Waals surface area contributed by atoms with Gasteiger partial charge in [0.15, 0.2) is 0 Å². The van der Waals surface area contributed by atoms with Crippen molar-refractivity contribution in [2.75, 3.05) is 13.2 Å². The summed E-state index contributed by atoms with van der Waals surface area (Å²) in [5, 5.41) is 15.5. The van der Waals surface area contributed by atoms with E-state index in [1.54, 1.807) is 20.0 Å². The summed E-state index contributed by atoms with van der Waals surface area (Å²) < 4.78 is 6.48. The second-order valence-electron chi connectivity index (χ2n) is 4.78. The van der Waals surface area contributed by atoms with Crippen molar-refractivity contribution in [1.82, 2.24) is 9.78 Å². The Morgan fingerprint density at radius 1 is 1.57 bits per heavy atom. The molecule has 1 rings (SSSR count). The summed E-state index contributed by atoms with van der Waals surface area (Å²) >= 11 is 5.95. The molecule has 0 amide bonds. The van der Waals surface area contributed by atoms with E-state index in [0.29, 0.717) is 17.3 Å². The van der Waals surface area contributed by atoms with Crippen molar-refractivity contribution in [2.24, 2.45) is 13.0 Å². The number of ether oxygens (including phenoxy) is 1. The van der Waals surface area contributed by atoms with Crippen LogP contribution in [0.25, 0.3) is 0 Å². The minimum Gasteiger partial charge on any atom is -0.466 e. The average Bonchev–Trinajstić information content (AvgIpc) is 2.73. The van der Waals surface area contributed by atoms with Crippen LogP contribution in [0.3, 0.4) is 0 Å². The molecular formula is C13H20ClN3O4. The first kappa shape index (κ1) is 17.4. The third-order valence-corrected chi connectivity index (χ3v) is 3.60. The van der Waals surface area contributed by atoms with Gasteiger partial charge in [-0.1, -0.05) is 24.9 Å². The molecule has 2 atom stereocenters. The van der Waals surface area contributed by atoms with Crippen LogP contribution in [0, 0.1) is 16.0 Å². The molecule has 1 heterocycles. The maximum Gasteiger partial charge on any atom is 0.309 e. The molecular weight excluding hydrogens is 298 g/mol. The number of rotatable bonds is 8. The molecule has 8 heteroatoms. The van der Waals surface area contributed by atoms with Gasteiger partial charge in [0.2, 0.25) is 6.54 Å². The predicted molar refractivity (Wildman–Crippen MR) is 77.9 cm³/mol. The van der Waals surface area contributed by atoms with Crippen molar-refractivity contribution in [1.29, 1.82) is 0 Å². The highest BCUT2D eigenvalue weighted by Crippen LogP contribution is 2.30. The monoisotopic (exact) mass is 317 g/mol. The summed E-state index contributed by atoms with van der Waals surface area (Å²) in [6, 6.07) is 1.57. The quantitative estimate of drug-likeness (QED) is 0.417. The van der Waals surface area contributed by atoms with Gasteiger partial charge in [0.1, 0.15) is 5.15 Å². The number of carbonyl (C=O) groups excluding carboxylic acids is 1. The maximum absolute atomic E-state index is 12.1. The fourth-order valence-corrected chi connectivity index (χ4v) is 2.43. The highest BCUT2D eigenvalue weighted by Gasteiger charge is 2.35. The molecule has 0 aliphatic heterocycles. The summed E-state index contributed by atoms with van der Waals surface area (Å²) in [4.78, 5) is 22.6. The van der Waals surface area contributed by atoms with Crippen LogP contribution in [0.1, 0.15) is 38.3 Å². The van der Waals surface area contributed by atoms with Gasteiger partial charge in [-0.15, -0.1) is 0 Å². The molecule has 1 aromatic rings. The van der Waals surface area contributed by atoms with E-state index < -0.39 is 22.7 Å². The summed E-state index contributed by atoms with van der Waals surface area (Å²) in [5.41, 5.74) is 0.450. The Morgan fingerprint density at radius 3 is 2.67 bits per heavy atom. The van der Waals surface area contributed by atoms with Crippen molar-refractivity contribution in [3.8, 4) is 0 Å². The van der Waals surface area contributed by atoms with Crippen molar-refractivity contribution >= 4 is 17.6 Å². The topological polar surface area (TPSA) is 87.3 Å². The Bertz CT molecular complexity index is 484. The van der Waals surface area contributed by atoms with E-state index in [9.17, 15) is 14.9 Å². The molecule has 0 radical (unpaired) electrons. The molecule has 7 nitrogen and oxygen atoms in total. The van der Waals surface area contributed by atoms with Gasteiger partial charge in [-0.05, 0) is 19.4 Å². The van der Waals surface area contributed by atoms with E-state index >= 15 is 0 Å². The first-order valence-corrected chi connectivity index (χ1v) is 7.26. The average molecular weight is 318 g/mol. The standard InChI is InChI=1S/C13H20ClN3O4/c1-4-6-9(13(18)21-5-2)10(8-17(19)20)11-7-12(14)16(3)15-11/h7,9-10H,4-6,8H2,1-3H3. The zero-order valence-corrected chi connectivity index (χ0v) is 13.2. The van der Waals surface area contributed by atoms with Gasteiger partial charge in [-0.25, -0.2) is 0 Å². The van der Waals surface area contributed by atoms with Crippen LogP contribution in [0.4, 0.5) is 0 Å². The van der Waals surface area contributed by atoms with E-state index in [0.717, 1.165) is 6.42 Å². The molecule has 0 spiro atoms. The molecule has 0 aliphatic carbocycles. The molecule has 2 unspecified atom stereocenters. The molecule has 1 aromatic heterocycles. The fraction of sp³-hybridized carbons (Fsp3) is 0.692. The fourth-order valence-electron chi connectivity index (χ4n) is 2.28. The van der Waals surface area contributed by atoms with Crippen LogP contribution in [-0.2, 0) is 16.6 Å². The van der Waals surface area contributed by atoms with Gasteiger partial charge < -0.3 is 4.74 Å². The second-order valence-corrected chi connectivity index (χ2v) is 5.17. The molecule has 118 valence electrons. The first-order valence-electron chi connectivity index (χ1n) is 6.88. The molecule has 21 heavy (non-hydrogen) atoms. The van der Waals surface area contributed by atoms with Gasteiger partial charge in [-0.3, -0.25) is 19.6 Å². The minimum absolute atomic E-state index is 0.243. The van der Waals surface area contributed by atoms with Crippen molar-refractivity contribution in [3.05, 3.63) is 27.0 Å². The zero-order chi connectivity index (χ0) is 16.0. The number of aryl methyl sites for hydroxylation is 1. The lowest BCUT2D eigenvalue weighted by Crippen LogP contribution is -2.29. The minimum atomic E-state index is -0.641. The van der Waals surface area contributed by atoms with Crippen molar-refractivity contribution < 1.29 is 14.5 Å². The van der Waals surface area contributed by atoms with Gasteiger partial charge in [0.05, 0.1) is 24.1 Å². The van der Waals surface area contributed by atoms with E-state index in [2.05, 4.69) is 5.10 Å². The molecule has 0 bridgehead atoms. The van der Waals surface area contributed by atoms with Crippen LogP contribution in [0.15, 0.2) is 6.07 Å². The van der Waals surface area contributed by atoms with Crippen LogP contribution in [-0.4, -0.2) is 33.8 Å². The lowest BCUT2D eigenvalue weighted by Gasteiger charge is -2.20. The van der Waals surface area contributed by atoms with Gasteiger partial charge in [0.25, 0.3) is 0 Å². The lowest BCUT2D eigenvalue weighted by atomic mass is 9.86. The Balaban J connectivity index is 3.12. The van der Waals surface area contributed by atoms with Crippen LogP contribution < -0.4 is 0 Å². The number of halogens is 1. The Morgan fingerprint density at radius 2 is 2.24 bits per heavy atom. The van der Waals surface area contributed by atoms with Gasteiger partial charge in [-0.2, -0.15) is 5.10 Å². The number of hydrogen-bond donors (Lipinski definition) is 0. The second kappa shape index (κ2) is 7.97. The summed E-state index contributed by atoms with van der Waals surface area (Å²) in [7, 11) is 1.65. The Labute approximate surface area is 128 Å². The predicted octanol–water partition coefficient (Wildman–Crippen LogP) is 2.41. The van der Waals surface area contributed by atoms with Crippen LogP contribution >= 0.6 is 11.6 Å². The molecule has 0 aliphatic rings. The van der Waals surface area contributed by atoms with Crippen molar-refractivity contribution in [2.45, 2.75) is 32.6 Å². The maximum atomic E-state index is 12.1. The molecule has 0 saturated heterocycles. The molecule has 0 fully saturated rings. The number of carbonyl (C=O) groups is 1. The summed E-state index contributed by atoms with van der Waals surface area (Å²) in [5.74, 6) is -1.66. The lowest BCUT2D eigenvalue weighted by molar-refractivity contribution is -0.484. The van der Waals surface area contributed by atoms with E-state index in [-0.39, 0.29) is 13.2 Å². The highest BCUT2D eigenvalue weighted by molar-refractivity contribution is 6.29. The van der Waals surface area contributed by atoms with Gasteiger partial charge in [0, 0.05) is 12.0 Å². The van der Waals surface area contributed by atoms with Crippen molar-refractivity contribution in [3.63, 3.8) is 0 Å². The molecule has 0 N–H and O–H groups in total. The number of nitrogens with zero attached hydrogens (tertiary/aromatic N) is 3. The van der Waals surface area contributed by atoms with Crippen LogP contribution in [0.5, 0.6) is 0 Å². The number of hydrogen-bond acceptors (Lipinski definition) is 5. The summed E-state index contributed by atoms with van der Waals surface area (Å²) in [6.07, 6.45) is 1.23. The highest BCUT2D eigenvalue weighted by atomic mass is 35.5. The zero-order valence-electron chi connectivity index (χ0n) is 12.4. The van der Waals surface area contributed by atoms with Crippen LogP contribution in [0.2, 0.25) is 5.15 Å². The SMILES string of the molecule is CCCC(C(=O)OCC)C(C[N+](=O)[O-])c1cc(Cl)n(C)n1. The molecule has 0 aromatic carbocycles. The third-order valence-electron chi connectivity index (χ3n) is 3.24. The van der Waals surface area contributed by atoms with E-state index in [1.807, 2.05) is 6.92 Å². The smallest absolute Gasteiger partial charge is 0.309 e. The number of aromatic nitrogens is 2. The Kier molecular flexibility index (Phi) is 6.61. The number of esters is 1. The van der Waals surface area contributed by atoms with Gasteiger partial charge >= 0.3 is 5.97 Å². The first-order chi connectivity index (χ1) is 9.90.